The Morgan fingerprint density at radius 2 is 1.82 bits per heavy atom. The third-order valence-corrected chi connectivity index (χ3v) is 10.7. The highest BCUT2D eigenvalue weighted by atomic mass is 19.1. The molecule has 1 aliphatic carbocycles. The molecule has 0 unspecified atom stereocenters. The number of ether oxygens (including phenoxy) is 1. The van der Waals surface area contributed by atoms with Crippen LogP contribution in [0.3, 0.4) is 0 Å². The summed E-state index contributed by atoms with van der Waals surface area (Å²) >= 11 is 0. The zero-order chi connectivity index (χ0) is 30.7. The van der Waals surface area contributed by atoms with Crippen molar-refractivity contribution in [3.63, 3.8) is 0 Å². The zero-order valence-electron chi connectivity index (χ0n) is 26.6. The van der Waals surface area contributed by atoms with Gasteiger partial charge in [0, 0.05) is 62.0 Å². The van der Waals surface area contributed by atoms with Gasteiger partial charge in [0.1, 0.15) is 24.1 Å². The lowest BCUT2D eigenvalue weighted by atomic mass is 9.58. The van der Waals surface area contributed by atoms with E-state index in [9.17, 15) is 4.79 Å². The van der Waals surface area contributed by atoms with Crippen molar-refractivity contribution in [3.05, 3.63) is 77.6 Å². The minimum atomic E-state index is -0.408. The van der Waals surface area contributed by atoms with Gasteiger partial charge in [-0.15, -0.1) is 10.2 Å². The van der Waals surface area contributed by atoms with Crippen LogP contribution in [0.2, 0.25) is 0 Å². The van der Waals surface area contributed by atoms with Crippen LogP contribution in [0.1, 0.15) is 69.3 Å². The summed E-state index contributed by atoms with van der Waals surface area (Å²) < 4.78 is 23.4. The SMILES string of the molecule is CCC(=O)O[C@H]1CCC[C@@H]1[C@@](Cn1cnnc1CC)(c1cccc(F)c1)C1CCN(CC2CN(c3ccc(C)cc3)C2)CC1. The van der Waals surface area contributed by atoms with Crippen molar-refractivity contribution in [3.8, 4) is 0 Å². The number of hydrogen-bond donors (Lipinski definition) is 0. The van der Waals surface area contributed by atoms with E-state index < -0.39 is 5.41 Å². The first-order valence-corrected chi connectivity index (χ1v) is 16.8. The predicted octanol–water partition coefficient (Wildman–Crippen LogP) is 6.20. The fourth-order valence-corrected chi connectivity index (χ4v) is 8.39. The first-order valence-electron chi connectivity index (χ1n) is 16.8. The van der Waals surface area contributed by atoms with E-state index in [4.69, 9.17) is 4.74 Å². The van der Waals surface area contributed by atoms with Crippen molar-refractivity contribution >= 4 is 11.7 Å². The lowest BCUT2D eigenvalue weighted by molar-refractivity contribution is -0.152. The highest BCUT2D eigenvalue weighted by molar-refractivity contribution is 5.69. The molecule has 3 atom stereocenters. The summed E-state index contributed by atoms with van der Waals surface area (Å²) in [5, 5.41) is 8.69. The van der Waals surface area contributed by atoms with E-state index >= 15 is 4.39 Å². The number of hydrogen-bond acceptors (Lipinski definition) is 6. The predicted molar refractivity (Wildman–Crippen MR) is 171 cm³/mol. The molecule has 6 rings (SSSR count). The summed E-state index contributed by atoms with van der Waals surface area (Å²) in [5.74, 6) is 1.65. The van der Waals surface area contributed by atoms with Crippen LogP contribution in [0.4, 0.5) is 10.1 Å². The van der Waals surface area contributed by atoms with E-state index in [2.05, 4.69) is 68.7 Å². The number of aromatic nitrogens is 3. The van der Waals surface area contributed by atoms with Crippen LogP contribution >= 0.6 is 0 Å². The van der Waals surface area contributed by atoms with E-state index in [-0.39, 0.29) is 23.8 Å². The highest BCUT2D eigenvalue weighted by Gasteiger charge is 2.53. The van der Waals surface area contributed by atoms with Crippen molar-refractivity contribution in [2.75, 3.05) is 37.6 Å². The Kier molecular flexibility index (Phi) is 9.36. The molecule has 0 bridgehead atoms. The molecule has 3 aromatic rings. The molecule has 2 aliphatic heterocycles. The molecule has 1 saturated carbocycles. The van der Waals surface area contributed by atoms with Crippen molar-refractivity contribution < 1.29 is 13.9 Å². The summed E-state index contributed by atoms with van der Waals surface area (Å²) in [5.41, 5.74) is 3.23. The summed E-state index contributed by atoms with van der Waals surface area (Å²) in [7, 11) is 0. The first kappa shape index (κ1) is 30.8. The number of nitrogens with zero attached hydrogens (tertiary/aromatic N) is 5. The lowest BCUT2D eigenvalue weighted by Gasteiger charge is -2.51. The van der Waals surface area contributed by atoms with Gasteiger partial charge in [-0.05, 0) is 87.9 Å². The Morgan fingerprint density at radius 3 is 2.52 bits per heavy atom. The van der Waals surface area contributed by atoms with Crippen LogP contribution < -0.4 is 4.90 Å². The molecular weight excluding hydrogens is 553 g/mol. The fraction of sp³-hybridized carbons (Fsp3) is 0.583. The van der Waals surface area contributed by atoms with Crippen molar-refractivity contribution in [1.29, 1.82) is 0 Å². The van der Waals surface area contributed by atoms with E-state index in [0.29, 0.717) is 24.8 Å². The van der Waals surface area contributed by atoms with Gasteiger partial charge in [0.05, 0.1) is 0 Å². The van der Waals surface area contributed by atoms with Crippen molar-refractivity contribution in [1.82, 2.24) is 19.7 Å². The largest absolute Gasteiger partial charge is 0.462 e. The number of rotatable bonds is 11. The number of esters is 1. The number of aryl methyl sites for hydroxylation is 2. The van der Waals surface area contributed by atoms with Gasteiger partial charge < -0.3 is 19.1 Å². The second-order valence-electron chi connectivity index (χ2n) is 13.4. The molecule has 8 heteroatoms. The van der Waals surface area contributed by atoms with Gasteiger partial charge in [-0.3, -0.25) is 4.79 Å². The van der Waals surface area contributed by atoms with Gasteiger partial charge in [0.25, 0.3) is 0 Å². The summed E-state index contributed by atoms with van der Waals surface area (Å²) in [6, 6.07) is 16.1. The molecule has 0 N–H and O–H groups in total. The maximum atomic E-state index is 15.0. The number of benzene rings is 2. The summed E-state index contributed by atoms with van der Waals surface area (Å²) in [4.78, 5) is 17.7. The smallest absolute Gasteiger partial charge is 0.305 e. The van der Waals surface area contributed by atoms with Gasteiger partial charge in [0.15, 0.2) is 0 Å². The average Bonchev–Trinajstić information content (AvgIpc) is 3.67. The van der Waals surface area contributed by atoms with Crippen LogP contribution in [0.5, 0.6) is 0 Å². The molecule has 0 amide bonds. The van der Waals surface area contributed by atoms with Gasteiger partial charge in [-0.2, -0.15) is 0 Å². The molecule has 0 radical (unpaired) electrons. The number of halogens is 1. The Hall–Kier alpha value is -3.26. The lowest BCUT2D eigenvalue weighted by Crippen LogP contribution is -2.55. The number of likely N-dealkylation sites (tertiary alicyclic amines) is 1. The minimum absolute atomic E-state index is 0.0955. The second kappa shape index (κ2) is 13.4. The van der Waals surface area contributed by atoms with Crippen LogP contribution in [0, 0.1) is 30.5 Å². The van der Waals surface area contributed by atoms with Crippen LogP contribution in [-0.4, -0.2) is 64.5 Å². The number of anilines is 1. The van der Waals surface area contributed by atoms with Gasteiger partial charge in [0.2, 0.25) is 0 Å². The average molecular weight is 602 g/mol. The Bertz CT molecular complexity index is 1400. The summed E-state index contributed by atoms with van der Waals surface area (Å²) in [6.45, 7) is 12.1. The van der Waals surface area contributed by atoms with Crippen molar-refractivity contribution in [2.45, 2.75) is 83.8 Å². The Balaban J connectivity index is 1.25. The Labute approximate surface area is 261 Å². The molecule has 0 spiro atoms. The molecule has 3 heterocycles. The molecule has 2 saturated heterocycles. The van der Waals surface area contributed by atoms with E-state index in [0.717, 1.165) is 82.6 Å². The third-order valence-electron chi connectivity index (χ3n) is 10.7. The third kappa shape index (κ3) is 6.28. The quantitative estimate of drug-likeness (QED) is 0.244. The molecule has 7 nitrogen and oxygen atoms in total. The fourth-order valence-electron chi connectivity index (χ4n) is 8.39. The Morgan fingerprint density at radius 1 is 1.05 bits per heavy atom. The molecule has 3 fully saturated rings. The van der Waals surface area contributed by atoms with E-state index in [1.54, 1.807) is 6.07 Å². The molecule has 236 valence electrons. The number of piperidine rings is 1. The zero-order valence-corrected chi connectivity index (χ0v) is 26.6. The minimum Gasteiger partial charge on any atom is -0.462 e. The maximum Gasteiger partial charge on any atom is 0.305 e. The monoisotopic (exact) mass is 601 g/mol. The van der Waals surface area contributed by atoms with Crippen LogP contribution in [0.25, 0.3) is 0 Å². The highest BCUT2D eigenvalue weighted by Crippen LogP contribution is 2.52. The van der Waals surface area contributed by atoms with E-state index in [1.807, 2.05) is 19.3 Å². The van der Waals surface area contributed by atoms with Gasteiger partial charge >= 0.3 is 5.97 Å². The molecule has 44 heavy (non-hydrogen) atoms. The van der Waals surface area contributed by atoms with Gasteiger partial charge in [-0.25, -0.2) is 4.39 Å². The van der Waals surface area contributed by atoms with Crippen molar-refractivity contribution in [2.24, 2.45) is 17.8 Å². The maximum absolute atomic E-state index is 15.0. The molecular formula is C36H48FN5O2. The molecule has 3 aliphatic rings. The topological polar surface area (TPSA) is 63.5 Å². The number of carbonyl (C=O) groups is 1. The standard InChI is InChI=1S/C36H48FN5O2/c1-4-34-39-38-25-42(34)24-36(29-8-6-9-30(37)20-29,32-10-7-11-33(32)44-35(43)5-2)28-16-18-40(19-17-28)21-27-22-41(23-27)31-14-12-26(3)13-15-31/h6,8-9,12-15,20,25,27-28,32-33H,4-5,7,10-11,16-19,21-24H2,1-3H3/t32-,33-,36+/m0/s1. The normalized spacial score (nSPS) is 23.0. The second-order valence-corrected chi connectivity index (χ2v) is 13.4. The first-order chi connectivity index (χ1) is 21.4. The van der Waals surface area contributed by atoms with Gasteiger partial charge in [-0.1, -0.05) is 43.7 Å². The summed E-state index contributed by atoms with van der Waals surface area (Å²) in [6.07, 6.45) is 7.67. The molecule has 2 aromatic carbocycles. The number of carbonyl (C=O) groups excluding carboxylic acids is 1. The van der Waals surface area contributed by atoms with Crippen LogP contribution in [-0.2, 0) is 27.9 Å². The van der Waals surface area contributed by atoms with E-state index in [1.165, 1.54) is 17.3 Å². The molecule has 1 aromatic heterocycles. The van der Waals surface area contributed by atoms with Crippen LogP contribution in [0.15, 0.2) is 54.9 Å².